The van der Waals surface area contributed by atoms with Gasteiger partial charge in [0.05, 0.1) is 11.9 Å². The molecule has 2 heterocycles. The van der Waals surface area contributed by atoms with Gasteiger partial charge in [-0.1, -0.05) is 11.6 Å². The van der Waals surface area contributed by atoms with Gasteiger partial charge in [-0.05, 0) is 13.8 Å². The van der Waals surface area contributed by atoms with E-state index in [2.05, 4.69) is 15.1 Å². The van der Waals surface area contributed by atoms with Crippen LogP contribution in [0.5, 0.6) is 0 Å². The minimum absolute atomic E-state index is 0.0150. The van der Waals surface area contributed by atoms with Gasteiger partial charge in [0.2, 0.25) is 0 Å². The van der Waals surface area contributed by atoms with Gasteiger partial charge in [-0.15, -0.1) is 0 Å². The normalized spacial score (nSPS) is 10.9. The van der Waals surface area contributed by atoms with Crippen LogP contribution < -0.4 is 0 Å². The summed E-state index contributed by atoms with van der Waals surface area (Å²) >= 11 is 5.74. The number of hydrogen-bond acceptors (Lipinski definition) is 4. The maximum absolute atomic E-state index is 11.0. The number of Topliss-reactive ketones (excluding diaryl/α,β-unsaturated/α-hetero) is 1. The van der Waals surface area contributed by atoms with Gasteiger partial charge in [0.1, 0.15) is 17.2 Å². The number of nitrogens with zero attached hydrogens (tertiary/aromatic N) is 4. The molecule has 5 nitrogen and oxygen atoms in total. The highest BCUT2D eigenvalue weighted by Gasteiger charge is 2.11. The van der Waals surface area contributed by atoms with Gasteiger partial charge in [0, 0.05) is 0 Å². The molecule has 78 valence electrons. The first-order valence-corrected chi connectivity index (χ1v) is 4.81. The number of aryl methyl sites for hydroxylation is 1. The molecule has 0 radical (unpaired) electrons. The molecule has 0 fully saturated rings. The second-order valence-corrected chi connectivity index (χ2v) is 3.70. The Morgan fingerprint density at radius 2 is 2.33 bits per heavy atom. The number of carbonyl (C=O) groups excluding carboxylic acids is 1. The highest BCUT2D eigenvalue weighted by Crippen LogP contribution is 2.15. The fourth-order valence-corrected chi connectivity index (χ4v) is 1.52. The number of rotatable bonds is 2. The third-order valence-electron chi connectivity index (χ3n) is 1.96. The zero-order valence-corrected chi connectivity index (χ0v) is 9.12. The quantitative estimate of drug-likeness (QED) is 0.773. The highest BCUT2D eigenvalue weighted by atomic mass is 35.5. The molecule has 2 aromatic rings. The van der Waals surface area contributed by atoms with Crippen molar-refractivity contribution in [1.29, 1.82) is 0 Å². The van der Waals surface area contributed by atoms with E-state index in [4.69, 9.17) is 11.6 Å². The Morgan fingerprint density at radius 3 is 3.00 bits per heavy atom. The van der Waals surface area contributed by atoms with Crippen molar-refractivity contribution < 1.29 is 4.79 Å². The second-order valence-electron chi connectivity index (χ2n) is 3.31. The van der Waals surface area contributed by atoms with Crippen LogP contribution in [0.4, 0.5) is 0 Å². The van der Waals surface area contributed by atoms with E-state index in [1.54, 1.807) is 0 Å². The zero-order chi connectivity index (χ0) is 11.0. The Morgan fingerprint density at radius 1 is 1.60 bits per heavy atom. The van der Waals surface area contributed by atoms with Gasteiger partial charge in [0.15, 0.2) is 11.4 Å². The molecular weight excluding hydrogens is 216 g/mol. The second kappa shape index (κ2) is 3.58. The SMILES string of the molecule is CC(=O)Cn1nc(C)c2ncc(Cl)nc21. The van der Waals surface area contributed by atoms with E-state index in [0.29, 0.717) is 16.3 Å². The Kier molecular flexibility index (Phi) is 2.40. The molecular formula is C9H9ClN4O. The molecule has 0 N–H and O–H groups in total. The van der Waals surface area contributed by atoms with E-state index in [0.717, 1.165) is 5.69 Å². The van der Waals surface area contributed by atoms with Crippen molar-refractivity contribution in [3.63, 3.8) is 0 Å². The van der Waals surface area contributed by atoms with Crippen LogP contribution in [0.25, 0.3) is 11.2 Å². The highest BCUT2D eigenvalue weighted by molar-refractivity contribution is 6.29. The van der Waals surface area contributed by atoms with Gasteiger partial charge in [-0.3, -0.25) is 4.79 Å². The molecule has 0 bridgehead atoms. The molecule has 0 atom stereocenters. The fraction of sp³-hybridized carbons (Fsp3) is 0.333. The maximum atomic E-state index is 11.0. The molecule has 0 saturated carbocycles. The Labute approximate surface area is 91.1 Å². The molecule has 0 aliphatic rings. The fourth-order valence-electron chi connectivity index (χ4n) is 1.39. The summed E-state index contributed by atoms with van der Waals surface area (Å²) in [5.74, 6) is 0.0150. The van der Waals surface area contributed by atoms with Crippen molar-refractivity contribution >= 4 is 28.5 Å². The third kappa shape index (κ3) is 1.83. The minimum atomic E-state index is 0.0150. The lowest BCUT2D eigenvalue weighted by molar-refractivity contribution is -0.117. The Hall–Kier alpha value is -1.49. The van der Waals surface area contributed by atoms with Crippen molar-refractivity contribution in [1.82, 2.24) is 19.7 Å². The van der Waals surface area contributed by atoms with Crippen LogP contribution in [0.15, 0.2) is 6.20 Å². The van der Waals surface area contributed by atoms with Crippen LogP contribution >= 0.6 is 11.6 Å². The lowest BCUT2D eigenvalue weighted by Crippen LogP contribution is -2.08. The minimum Gasteiger partial charge on any atom is -0.298 e. The topological polar surface area (TPSA) is 60.7 Å². The number of fused-ring (bicyclic) bond motifs is 1. The largest absolute Gasteiger partial charge is 0.298 e. The Bertz CT molecular complexity index is 534. The molecule has 0 spiro atoms. The summed E-state index contributed by atoms with van der Waals surface area (Å²) < 4.78 is 1.52. The number of aromatic nitrogens is 4. The lowest BCUT2D eigenvalue weighted by Gasteiger charge is -1.98. The van der Waals surface area contributed by atoms with E-state index in [1.807, 2.05) is 6.92 Å². The van der Waals surface area contributed by atoms with Gasteiger partial charge in [-0.2, -0.15) is 5.10 Å². The zero-order valence-electron chi connectivity index (χ0n) is 8.36. The summed E-state index contributed by atoms with van der Waals surface area (Å²) in [5.41, 5.74) is 1.98. The molecule has 0 amide bonds. The standard InChI is InChI=1S/C9H9ClN4O/c1-5(15)4-14-9-8(6(2)13-14)11-3-7(10)12-9/h3H,4H2,1-2H3. The van der Waals surface area contributed by atoms with Gasteiger partial charge in [0.25, 0.3) is 0 Å². The van der Waals surface area contributed by atoms with E-state index in [1.165, 1.54) is 17.8 Å². The van der Waals surface area contributed by atoms with Crippen molar-refractivity contribution in [2.24, 2.45) is 0 Å². The summed E-state index contributed by atoms with van der Waals surface area (Å²) in [6.07, 6.45) is 1.47. The summed E-state index contributed by atoms with van der Waals surface area (Å²) in [5, 5.41) is 4.48. The van der Waals surface area contributed by atoms with E-state index in [9.17, 15) is 4.79 Å². The molecule has 6 heteroatoms. The van der Waals surface area contributed by atoms with Crippen LogP contribution in [0, 0.1) is 6.92 Å². The van der Waals surface area contributed by atoms with Crippen LogP contribution in [0.3, 0.4) is 0 Å². The monoisotopic (exact) mass is 224 g/mol. The molecule has 0 aliphatic carbocycles. The van der Waals surface area contributed by atoms with Crippen LogP contribution in [-0.2, 0) is 11.3 Å². The Balaban J connectivity index is 2.64. The van der Waals surface area contributed by atoms with Crippen LogP contribution in [0.2, 0.25) is 5.15 Å². The number of hydrogen-bond donors (Lipinski definition) is 0. The first-order chi connectivity index (χ1) is 7.08. The van der Waals surface area contributed by atoms with Crippen molar-refractivity contribution in [3.05, 3.63) is 17.0 Å². The lowest BCUT2D eigenvalue weighted by atomic mass is 10.4. The molecule has 2 aromatic heterocycles. The van der Waals surface area contributed by atoms with Crippen molar-refractivity contribution in [2.45, 2.75) is 20.4 Å². The summed E-state index contributed by atoms with van der Waals surface area (Å²) in [7, 11) is 0. The van der Waals surface area contributed by atoms with Gasteiger partial charge < -0.3 is 0 Å². The molecule has 15 heavy (non-hydrogen) atoms. The van der Waals surface area contributed by atoms with Crippen LogP contribution in [0.1, 0.15) is 12.6 Å². The smallest absolute Gasteiger partial charge is 0.178 e. The molecule has 0 aliphatic heterocycles. The summed E-state index contributed by atoms with van der Waals surface area (Å²) in [4.78, 5) is 19.2. The molecule has 0 unspecified atom stereocenters. The predicted octanol–water partition coefficient (Wildman–Crippen LogP) is 1.38. The first-order valence-electron chi connectivity index (χ1n) is 4.43. The average molecular weight is 225 g/mol. The van der Waals surface area contributed by atoms with Gasteiger partial charge >= 0.3 is 0 Å². The van der Waals surface area contributed by atoms with E-state index in [-0.39, 0.29) is 12.3 Å². The number of ketones is 1. The number of carbonyl (C=O) groups is 1. The average Bonchev–Trinajstić information content (AvgIpc) is 2.42. The number of halogens is 1. The summed E-state index contributed by atoms with van der Waals surface area (Å²) in [6, 6.07) is 0. The van der Waals surface area contributed by atoms with E-state index >= 15 is 0 Å². The predicted molar refractivity (Wildman–Crippen MR) is 55.8 cm³/mol. The van der Waals surface area contributed by atoms with Crippen LogP contribution in [-0.4, -0.2) is 25.5 Å². The molecule has 0 saturated heterocycles. The maximum Gasteiger partial charge on any atom is 0.178 e. The molecule has 0 aromatic carbocycles. The van der Waals surface area contributed by atoms with Crippen molar-refractivity contribution in [2.75, 3.05) is 0 Å². The molecule has 2 rings (SSSR count). The summed E-state index contributed by atoms with van der Waals surface area (Å²) in [6.45, 7) is 3.52. The first kappa shape index (κ1) is 10.0. The van der Waals surface area contributed by atoms with Gasteiger partial charge in [-0.25, -0.2) is 14.6 Å². The van der Waals surface area contributed by atoms with E-state index < -0.39 is 0 Å². The van der Waals surface area contributed by atoms with Crippen molar-refractivity contribution in [3.8, 4) is 0 Å². The third-order valence-corrected chi connectivity index (χ3v) is 2.14.